The highest BCUT2D eigenvalue weighted by molar-refractivity contribution is 5.77. The maximum Gasteiger partial charge on any atom is 0.387 e. The molecule has 0 radical (unpaired) electrons. The molecule has 0 aliphatic heterocycles. The fraction of sp³-hybridized carbons (Fsp3) is 0.133. The number of hydrogen-bond acceptors (Lipinski definition) is 3. The molecule has 0 saturated heterocycles. The summed E-state index contributed by atoms with van der Waals surface area (Å²) in [6, 6.07) is 11.2. The molecule has 0 aliphatic rings. The predicted molar refractivity (Wildman–Crippen MR) is 76.5 cm³/mol. The molecule has 1 aromatic heterocycles. The van der Waals surface area contributed by atoms with Crippen LogP contribution in [-0.4, -0.2) is 16.6 Å². The Morgan fingerprint density at radius 3 is 2.73 bits per heavy atom. The number of aromatic nitrogens is 2. The number of anilines is 1. The van der Waals surface area contributed by atoms with Gasteiger partial charge in [-0.25, -0.2) is 9.37 Å². The van der Waals surface area contributed by atoms with E-state index in [-0.39, 0.29) is 17.9 Å². The quantitative estimate of drug-likeness (QED) is 0.751. The lowest BCUT2D eigenvalue weighted by atomic mass is 10.2. The molecule has 0 bridgehead atoms. The van der Waals surface area contributed by atoms with Crippen molar-refractivity contribution < 1.29 is 17.9 Å². The molecule has 0 atom stereocenters. The second kappa shape index (κ2) is 5.97. The van der Waals surface area contributed by atoms with Gasteiger partial charge in [0.25, 0.3) is 0 Å². The molecule has 3 rings (SSSR count). The SMILES string of the molecule is Fc1cccc(OC(F)F)c1CNc1nc2ccccc2[nH]1. The minimum Gasteiger partial charge on any atom is -0.434 e. The van der Waals surface area contributed by atoms with Crippen LogP contribution in [0.2, 0.25) is 0 Å². The number of nitrogens with zero attached hydrogens (tertiary/aromatic N) is 1. The van der Waals surface area contributed by atoms with Crippen LogP contribution in [0.5, 0.6) is 5.75 Å². The molecule has 4 nitrogen and oxygen atoms in total. The Balaban J connectivity index is 1.81. The number of H-pyrrole nitrogens is 1. The third-order valence-electron chi connectivity index (χ3n) is 3.11. The number of hydrogen-bond donors (Lipinski definition) is 2. The maximum atomic E-state index is 13.8. The van der Waals surface area contributed by atoms with E-state index in [4.69, 9.17) is 0 Å². The molecular weight excluding hydrogens is 295 g/mol. The molecule has 0 saturated carbocycles. The van der Waals surface area contributed by atoms with Crippen molar-refractivity contribution in [3.8, 4) is 5.75 Å². The van der Waals surface area contributed by atoms with Gasteiger partial charge in [-0.1, -0.05) is 18.2 Å². The predicted octanol–water partition coefficient (Wildman–Crippen LogP) is 3.92. The van der Waals surface area contributed by atoms with E-state index < -0.39 is 12.4 Å². The van der Waals surface area contributed by atoms with Crippen molar-refractivity contribution in [2.75, 3.05) is 5.32 Å². The van der Waals surface area contributed by atoms with Crippen LogP contribution in [-0.2, 0) is 6.54 Å². The van der Waals surface area contributed by atoms with Gasteiger partial charge in [0.05, 0.1) is 11.0 Å². The monoisotopic (exact) mass is 307 g/mol. The average Bonchev–Trinajstić information content (AvgIpc) is 2.89. The number of para-hydroxylation sites is 2. The highest BCUT2D eigenvalue weighted by Crippen LogP contribution is 2.24. The van der Waals surface area contributed by atoms with Crippen molar-refractivity contribution in [2.45, 2.75) is 13.2 Å². The van der Waals surface area contributed by atoms with E-state index in [1.54, 1.807) is 0 Å². The van der Waals surface area contributed by atoms with Crippen LogP contribution in [0.25, 0.3) is 11.0 Å². The molecule has 0 amide bonds. The molecule has 2 N–H and O–H groups in total. The van der Waals surface area contributed by atoms with Gasteiger partial charge >= 0.3 is 6.61 Å². The van der Waals surface area contributed by atoms with Crippen molar-refractivity contribution in [3.63, 3.8) is 0 Å². The van der Waals surface area contributed by atoms with Gasteiger partial charge in [0.2, 0.25) is 5.95 Å². The second-order valence-corrected chi connectivity index (χ2v) is 4.55. The number of alkyl halides is 2. The number of fused-ring (bicyclic) bond motifs is 1. The number of imidazole rings is 1. The highest BCUT2D eigenvalue weighted by Gasteiger charge is 2.14. The first-order chi connectivity index (χ1) is 10.6. The van der Waals surface area contributed by atoms with Crippen LogP contribution in [0.1, 0.15) is 5.56 Å². The Morgan fingerprint density at radius 1 is 1.14 bits per heavy atom. The summed E-state index contributed by atoms with van der Waals surface area (Å²) in [6.45, 7) is -3.04. The van der Waals surface area contributed by atoms with Crippen LogP contribution < -0.4 is 10.1 Å². The standard InChI is InChI=1S/C15H12F3N3O/c16-10-4-3-7-13(22-14(17)18)9(10)8-19-15-20-11-5-1-2-6-12(11)21-15/h1-7,14H,8H2,(H2,19,20,21). The number of nitrogens with one attached hydrogen (secondary N) is 2. The topological polar surface area (TPSA) is 49.9 Å². The van der Waals surface area contributed by atoms with Gasteiger partial charge in [-0.2, -0.15) is 8.78 Å². The molecule has 1 heterocycles. The van der Waals surface area contributed by atoms with Crippen molar-refractivity contribution >= 4 is 17.0 Å². The Morgan fingerprint density at radius 2 is 1.95 bits per heavy atom. The first-order valence-corrected chi connectivity index (χ1v) is 6.54. The first kappa shape index (κ1) is 14.2. The normalized spacial score (nSPS) is 11.1. The van der Waals surface area contributed by atoms with Crippen LogP contribution in [0.3, 0.4) is 0 Å². The van der Waals surface area contributed by atoms with Gasteiger partial charge in [-0.15, -0.1) is 0 Å². The molecule has 3 aromatic rings. The Bertz CT molecular complexity index is 756. The fourth-order valence-electron chi connectivity index (χ4n) is 2.13. The second-order valence-electron chi connectivity index (χ2n) is 4.55. The average molecular weight is 307 g/mol. The van der Waals surface area contributed by atoms with E-state index in [2.05, 4.69) is 20.0 Å². The van der Waals surface area contributed by atoms with E-state index >= 15 is 0 Å². The van der Waals surface area contributed by atoms with Gasteiger partial charge < -0.3 is 15.0 Å². The summed E-state index contributed by atoms with van der Waals surface area (Å²) in [7, 11) is 0. The third kappa shape index (κ3) is 2.98. The highest BCUT2D eigenvalue weighted by atomic mass is 19.3. The van der Waals surface area contributed by atoms with Crippen molar-refractivity contribution in [1.29, 1.82) is 0 Å². The number of rotatable bonds is 5. The third-order valence-corrected chi connectivity index (χ3v) is 3.11. The van der Waals surface area contributed by atoms with Crippen LogP contribution in [0.4, 0.5) is 19.1 Å². The van der Waals surface area contributed by atoms with Gasteiger partial charge in [-0.05, 0) is 24.3 Å². The molecule has 2 aromatic carbocycles. The zero-order valence-electron chi connectivity index (χ0n) is 11.3. The van der Waals surface area contributed by atoms with Crippen LogP contribution in [0, 0.1) is 5.82 Å². The summed E-state index contributed by atoms with van der Waals surface area (Å²) < 4.78 is 42.8. The maximum absolute atomic E-state index is 13.8. The zero-order valence-corrected chi connectivity index (χ0v) is 11.3. The largest absolute Gasteiger partial charge is 0.434 e. The molecule has 22 heavy (non-hydrogen) atoms. The molecule has 0 aliphatic carbocycles. The fourth-order valence-corrected chi connectivity index (χ4v) is 2.13. The minimum absolute atomic E-state index is 0.0169. The van der Waals surface area contributed by atoms with E-state index in [1.807, 2.05) is 24.3 Å². The summed E-state index contributed by atoms with van der Waals surface area (Å²) >= 11 is 0. The van der Waals surface area contributed by atoms with E-state index in [0.29, 0.717) is 5.95 Å². The lowest BCUT2D eigenvalue weighted by molar-refractivity contribution is -0.0505. The first-order valence-electron chi connectivity index (χ1n) is 6.54. The van der Waals surface area contributed by atoms with E-state index in [0.717, 1.165) is 11.0 Å². The minimum atomic E-state index is -3.01. The van der Waals surface area contributed by atoms with Crippen molar-refractivity contribution in [1.82, 2.24) is 9.97 Å². The number of aromatic amines is 1. The summed E-state index contributed by atoms with van der Waals surface area (Å²) in [5.74, 6) is -0.396. The van der Waals surface area contributed by atoms with Gasteiger partial charge in [0.1, 0.15) is 11.6 Å². The van der Waals surface area contributed by atoms with Gasteiger partial charge in [0, 0.05) is 12.1 Å². The number of benzene rings is 2. The van der Waals surface area contributed by atoms with Crippen LogP contribution >= 0.6 is 0 Å². The van der Waals surface area contributed by atoms with Crippen LogP contribution in [0.15, 0.2) is 42.5 Å². The summed E-state index contributed by atoms with van der Waals surface area (Å²) in [4.78, 5) is 7.28. The molecule has 0 spiro atoms. The molecular formula is C15H12F3N3O. The van der Waals surface area contributed by atoms with Crippen molar-refractivity contribution in [2.24, 2.45) is 0 Å². The lowest BCUT2D eigenvalue weighted by Gasteiger charge is -2.11. The Hall–Kier alpha value is -2.70. The molecule has 0 unspecified atom stereocenters. The molecule has 114 valence electrons. The number of halogens is 3. The summed E-state index contributed by atoms with van der Waals surface area (Å²) in [5.41, 5.74) is 1.59. The van der Waals surface area contributed by atoms with Gasteiger partial charge in [-0.3, -0.25) is 0 Å². The molecule has 0 fully saturated rings. The Kier molecular flexibility index (Phi) is 3.86. The molecule has 7 heteroatoms. The number of ether oxygens (including phenoxy) is 1. The van der Waals surface area contributed by atoms with Crippen molar-refractivity contribution in [3.05, 3.63) is 53.8 Å². The summed E-state index contributed by atoms with van der Waals surface area (Å²) in [5, 5.41) is 2.87. The van der Waals surface area contributed by atoms with Gasteiger partial charge in [0.15, 0.2) is 0 Å². The Labute approximate surface area is 123 Å². The van der Waals surface area contributed by atoms with E-state index in [1.165, 1.54) is 18.2 Å². The lowest BCUT2D eigenvalue weighted by Crippen LogP contribution is -2.09. The van der Waals surface area contributed by atoms with E-state index in [9.17, 15) is 13.2 Å². The summed E-state index contributed by atoms with van der Waals surface area (Å²) in [6.07, 6.45) is 0. The zero-order chi connectivity index (χ0) is 15.5. The smallest absolute Gasteiger partial charge is 0.387 e.